The van der Waals surface area contributed by atoms with Gasteiger partial charge in [-0.25, -0.2) is 4.79 Å². The molecule has 1 heterocycles. The number of carbonyl (C=O) groups is 2. The van der Waals surface area contributed by atoms with Gasteiger partial charge in [0, 0.05) is 17.2 Å². The van der Waals surface area contributed by atoms with Crippen molar-refractivity contribution in [2.45, 2.75) is 129 Å². The highest BCUT2D eigenvalue weighted by molar-refractivity contribution is 7.13. The Morgan fingerprint density at radius 1 is 1.19 bits per heavy atom. The molecule has 0 radical (unpaired) electrons. The summed E-state index contributed by atoms with van der Waals surface area (Å²) in [6.45, 7) is 14.1. The molecule has 0 aromatic carbocycles. The van der Waals surface area contributed by atoms with E-state index < -0.39 is 8.32 Å². The van der Waals surface area contributed by atoms with E-state index >= 15 is 0 Å². The maximum Gasteiger partial charge on any atom is 0.348 e. The van der Waals surface area contributed by atoms with E-state index in [0.29, 0.717) is 28.1 Å². The molecule has 2 aliphatic rings. The summed E-state index contributed by atoms with van der Waals surface area (Å²) >= 11 is 1.53. The van der Waals surface area contributed by atoms with Crippen LogP contribution in [0.25, 0.3) is 0 Å². The summed E-state index contributed by atoms with van der Waals surface area (Å²) in [5.41, 5.74) is 0.359. The number of aryl methyl sites for hydroxylation is 1. The van der Waals surface area contributed by atoms with Gasteiger partial charge in [0.1, 0.15) is 10.7 Å². The molecule has 6 heteroatoms. The first kappa shape index (κ1) is 29.6. The Balaban J connectivity index is 1.54. The van der Waals surface area contributed by atoms with Gasteiger partial charge in [-0.3, -0.25) is 4.79 Å². The number of esters is 1. The number of Topliss-reactive ketones (excluding diaryl/α,β-unsaturated/α-hetero) is 1. The van der Waals surface area contributed by atoms with Gasteiger partial charge >= 0.3 is 5.97 Å². The van der Waals surface area contributed by atoms with Gasteiger partial charge in [-0.15, -0.1) is 11.3 Å². The van der Waals surface area contributed by atoms with Crippen molar-refractivity contribution >= 4 is 31.4 Å². The van der Waals surface area contributed by atoms with Crippen molar-refractivity contribution in [3.8, 4) is 0 Å². The van der Waals surface area contributed by atoms with Gasteiger partial charge in [-0.1, -0.05) is 40.5 Å². The molecule has 0 amide bonds. The second-order valence-electron chi connectivity index (χ2n) is 12.9. The van der Waals surface area contributed by atoms with E-state index in [4.69, 9.17) is 9.16 Å². The Kier molecular flexibility index (Phi) is 10.1. The molecule has 0 aliphatic heterocycles. The summed E-state index contributed by atoms with van der Waals surface area (Å²) in [6.07, 6.45) is 13.6. The van der Waals surface area contributed by atoms with Crippen LogP contribution in [-0.2, 0) is 20.4 Å². The molecule has 0 bridgehead atoms. The maximum atomic E-state index is 12.8. The molecular weight excluding hydrogens is 484 g/mol. The van der Waals surface area contributed by atoms with Crippen LogP contribution in [0.15, 0.2) is 12.1 Å². The summed E-state index contributed by atoms with van der Waals surface area (Å²) in [5, 5.41) is 0.219. The van der Waals surface area contributed by atoms with Gasteiger partial charge in [0.05, 0.1) is 13.2 Å². The maximum absolute atomic E-state index is 12.8. The lowest BCUT2D eigenvalue weighted by atomic mass is 9.62. The number of hydrogen-bond donors (Lipinski definition) is 0. The van der Waals surface area contributed by atoms with Crippen molar-refractivity contribution < 1.29 is 18.8 Å². The minimum Gasteiger partial charge on any atom is -0.465 e. The molecular formula is C30H50O4SSi. The quantitative estimate of drug-likeness (QED) is 0.188. The number of ketones is 1. The minimum absolute atomic E-state index is 0.219. The van der Waals surface area contributed by atoms with Gasteiger partial charge in [0.25, 0.3) is 0 Å². The van der Waals surface area contributed by atoms with E-state index in [0.717, 1.165) is 51.4 Å². The number of methoxy groups -OCH3 is 1. The molecule has 3 rings (SSSR count). The lowest BCUT2D eigenvalue weighted by Gasteiger charge is -2.51. The molecule has 4 nitrogen and oxygen atoms in total. The monoisotopic (exact) mass is 534 g/mol. The van der Waals surface area contributed by atoms with Crippen molar-refractivity contribution in [1.29, 1.82) is 0 Å². The van der Waals surface area contributed by atoms with E-state index in [2.05, 4.69) is 40.8 Å². The lowest BCUT2D eigenvalue weighted by Crippen LogP contribution is -2.51. The Labute approximate surface area is 225 Å². The molecule has 2 fully saturated rings. The fourth-order valence-electron chi connectivity index (χ4n) is 6.06. The predicted octanol–water partition coefficient (Wildman–Crippen LogP) is 8.59. The highest BCUT2D eigenvalue weighted by Gasteiger charge is 2.48. The van der Waals surface area contributed by atoms with E-state index in [1.54, 1.807) is 0 Å². The van der Waals surface area contributed by atoms with Gasteiger partial charge in [-0.05, 0) is 99.4 Å². The molecule has 0 saturated heterocycles. The van der Waals surface area contributed by atoms with Crippen LogP contribution in [-0.4, -0.2) is 33.3 Å². The molecule has 204 valence electrons. The zero-order valence-corrected chi connectivity index (χ0v) is 25.7. The summed E-state index contributed by atoms with van der Waals surface area (Å²) < 4.78 is 11.9. The zero-order chi connectivity index (χ0) is 26.6. The highest BCUT2D eigenvalue weighted by Crippen LogP contribution is 2.52. The van der Waals surface area contributed by atoms with Crippen LogP contribution in [0.4, 0.5) is 0 Å². The third-order valence-electron chi connectivity index (χ3n) is 9.75. The SMILES string of the molecule is CCC1(C(CCC[C@H]2C(=O)CC[C@@H]2CCCc2ccc(C(=O)OC)s2)O[Si](C)(C)C(C)(C)C)CCC1. The fraction of sp³-hybridized carbons (Fsp3) is 0.800. The minimum atomic E-state index is -1.84. The third-order valence-corrected chi connectivity index (χ3v) is 15.4. The van der Waals surface area contributed by atoms with E-state index in [-0.39, 0.29) is 16.9 Å². The van der Waals surface area contributed by atoms with Crippen LogP contribution in [0.5, 0.6) is 0 Å². The molecule has 2 aliphatic carbocycles. The van der Waals surface area contributed by atoms with Gasteiger partial charge in [0.15, 0.2) is 8.32 Å². The average Bonchev–Trinajstić information content (AvgIpc) is 3.39. The Morgan fingerprint density at radius 3 is 2.50 bits per heavy atom. The molecule has 3 atom stereocenters. The molecule has 1 aromatic rings. The van der Waals surface area contributed by atoms with Crippen molar-refractivity contribution in [3.05, 3.63) is 21.9 Å². The van der Waals surface area contributed by atoms with Crippen LogP contribution in [0.2, 0.25) is 18.1 Å². The highest BCUT2D eigenvalue weighted by atomic mass is 32.1. The normalized spacial score (nSPS) is 22.9. The first-order chi connectivity index (χ1) is 16.9. The second kappa shape index (κ2) is 12.3. The number of thiophene rings is 1. The van der Waals surface area contributed by atoms with Crippen molar-refractivity contribution in [2.75, 3.05) is 7.11 Å². The topological polar surface area (TPSA) is 52.6 Å². The third kappa shape index (κ3) is 6.90. The lowest BCUT2D eigenvalue weighted by molar-refractivity contribution is -0.121. The zero-order valence-electron chi connectivity index (χ0n) is 23.9. The van der Waals surface area contributed by atoms with E-state index in [1.165, 1.54) is 49.0 Å². The molecule has 1 unspecified atom stereocenters. The standard InChI is InChI=1S/C30H50O4SSi/c1-8-30(20-11-21-30)27(34-36(6,7)29(2,3)4)15-10-14-24-22(16-18-25(24)31)12-9-13-23-17-19-26(35-23)28(32)33-5/h17,19,22,24,27H,8-16,18,20-21H2,1-7H3/t22-,24+,27?/m0/s1. The largest absolute Gasteiger partial charge is 0.465 e. The van der Waals surface area contributed by atoms with Gasteiger partial charge < -0.3 is 9.16 Å². The summed E-state index contributed by atoms with van der Waals surface area (Å²) in [7, 11) is -0.412. The smallest absolute Gasteiger partial charge is 0.348 e. The van der Waals surface area contributed by atoms with Crippen molar-refractivity contribution in [3.63, 3.8) is 0 Å². The predicted molar refractivity (Wildman–Crippen MR) is 152 cm³/mol. The number of hydrogen-bond acceptors (Lipinski definition) is 5. The van der Waals surface area contributed by atoms with Crippen LogP contribution in [0.3, 0.4) is 0 Å². The summed E-state index contributed by atoms with van der Waals surface area (Å²) in [6, 6.07) is 3.90. The van der Waals surface area contributed by atoms with Crippen LogP contribution >= 0.6 is 11.3 Å². The van der Waals surface area contributed by atoms with Gasteiger partial charge in [-0.2, -0.15) is 0 Å². The first-order valence-electron chi connectivity index (χ1n) is 14.3. The van der Waals surface area contributed by atoms with E-state index in [9.17, 15) is 9.59 Å². The van der Waals surface area contributed by atoms with Crippen LogP contribution in [0, 0.1) is 17.3 Å². The van der Waals surface area contributed by atoms with Crippen LogP contribution in [0.1, 0.15) is 113 Å². The Hall–Kier alpha value is -0.983. The molecule has 1 aromatic heterocycles. The first-order valence-corrected chi connectivity index (χ1v) is 18.0. The Morgan fingerprint density at radius 2 is 1.92 bits per heavy atom. The number of ether oxygens (including phenoxy) is 1. The summed E-state index contributed by atoms with van der Waals surface area (Å²) in [4.78, 5) is 26.4. The van der Waals surface area contributed by atoms with Gasteiger partial charge in [0.2, 0.25) is 0 Å². The second-order valence-corrected chi connectivity index (χ2v) is 18.8. The van der Waals surface area contributed by atoms with E-state index in [1.807, 2.05) is 12.1 Å². The van der Waals surface area contributed by atoms with Crippen LogP contribution < -0.4 is 0 Å². The summed E-state index contributed by atoms with van der Waals surface area (Å²) in [5.74, 6) is 0.975. The average molecular weight is 535 g/mol. The Bertz CT molecular complexity index is 874. The molecule has 0 N–H and O–H groups in total. The number of carbonyl (C=O) groups excluding carboxylic acids is 2. The van der Waals surface area contributed by atoms with Crippen molar-refractivity contribution in [2.24, 2.45) is 17.3 Å². The number of rotatable bonds is 13. The van der Waals surface area contributed by atoms with Crippen molar-refractivity contribution in [1.82, 2.24) is 0 Å². The molecule has 36 heavy (non-hydrogen) atoms. The molecule has 2 saturated carbocycles. The molecule has 0 spiro atoms. The fourth-order valence-corrected chi connectivity index (χ4v) is 8.46.